The van der Waals surface area contributed by atoms with Crippen molar-refractivity contribution in [3.8, 4) is 5.75 Å². The molecule has 0 saturated carbocycles. The molecule has 2 heterocycles. The molecule has 1 aliphatic heterocycles. The summed E-state index contributed by atoms with van der Waals surface area (Å²) < 4.78 is 6.54. The van der Waals surface area contributed by atoms with Crippen molar-refractivity contribution in [3.63, 3.8) is 0 Å². The Balaban J connectivity index is 1.53. The summed E-state index contributed by atoms with van der Waals surface area (Å²) in [7, 11) is 0. The van der Waals surface area contributed by atoms with E-state index in [1.807, 2.05) is 48.5 Å². The quantitative estimate of drug-likeness (QED) is 0.769. The normalized spacial score (nSPS) is 19.5. The maximum atomic E-state index is 12.4. The molecule has 6 heteroatoms. The highest BCUT2D eigenvalue weighted by Crippen LogP contribution is 2.36. The topological polar surface area (TPSA) is 71.5 Å². The number of ether oxygens (including phenoxy) is 1. The fourth-order valence-corrected chi connectivity index (χ4v) is 3.78. The first kappa shape index (κ1) is 15.1. The van der Waals surface area contributed by atoms with Crippen LogP contribution < -0.4 is 10.1 Å². The highest BCUT2D eigenvalue weighted by atomic mass is 32.1. The van der Waals surface area contributed by atoms with Gasteiger partial charge in [0, 0.05) is 12.0 Å². The van der Waals surface area contributed by atoms with Crippen molar-refractivity contribution in [1.29, 1.82) is 0 Å². The standard InChI is InChI=1S/C18H16N2O3S/c21-16(17-20-13-6-2-4-8-15(13)24-17)19-11-18(22)9-10-23-14-7-3-1-5-12(14)18/h1-8,22H,9-11H2,(H,19,21)/t18-/m1/s1. The number of hydrogen-bond acceptors (Lipinski definition) is 5. The number of benzene rings is 2. The van der Waals surface area contributed by atoms with Crippen molar-refractivity contribution >= 4 is 27.5 Å². The molecular formula is C18H16N2O3S. The fraction of sp³-hybridized carbons (Fsp3) is 0.222. The molecule has 0 aliphatic carbocycles. The summed E-state index contributed by atoms with van der Waals surface area (Å²) in [5.41, 5.74) is 0.393. The van der Waals surface area contributed by atoms with Crippen LogP contribution in [0.5, 0.6) is 5.75 Å². The van der Waals surface area contributed by atoms with E-state index >= 15 is 0 Å². The highest BCUT2D eigenvalue weighted by Gasteiger charge is 2.36. The van der Waals surface area contributed by atoms with Crippen LogP contribution in [0, 0.1) is 0 Å². The zero-order valence-electron chi connectivity index (χ0n) is 12.9. The Morgan fingerprint density at radius 2 is 2.04 bits per heavy atom. The predicted octanol–water partition coefficient (Wildman–Crippen LogP) is 2.70. The number of nitrogens with zero attached hydrogens (tertiary/aromatic N) is 1. The molecule has 3 aromatic rings. The summed E-state index contributed by atoms with van der Waals surface area (Å²) in [6.45, 7) is 0.548. The van der Waals surface area contributed by atoms with Crippen LogP contribution >= 0.6 is 11.3 Å². The number of carbonyl (C=O) groups excluding carboxylic acids is 1. The summed E-state index contributed by atoms with van der Waals surface area (Å²) in [5.74, 6) is 0.397. The lowest BCUT2D eigenvalue weighted by Gasteiger charge is -2.34. The molecule has 1 atom stereocenters. The SMILES string of the molecule is O=C(NC[C@]1(O)CCOc2ccccc21)c1nc2ccccc2s1. The number of amides is 1. The lowest BCUT2D eigenvalue weighted by molar-refractivity contribution is -0.00160. The molecule has 2 aromatic carbocycles. The Labute approximate surface area is 142 Å². The number of hydrogen-bond donors (Lipinski definition) is 2. The number of fused-ring (bicyclic) bond motifs is 2. The Morgan fingerprint density at radius 3 is 2.92 bits per heavy atom. The van der Waals surface area contributed by atoms with Crippen LogP contribution in [0.2, 0.25) is 0 Å². The fourth-order valence-electron chi connectivity index (χ4n) is 2.90. The molecule has 2 N–H and O–H groups in total. The molecule has 24 heavy (non-hydrogen) atoms. The van der Waals surface area contributed by atoms with E-state index in [0.29, 0.717) is 29.3 Å². The molecule has 4 rings (SSSR count). The molecule has 0 spiro atoms. The third kappa shape index (κ3) is 2.64. The third-order valence-corrected chi connectivity index (χ3v) is 5.23. The molecule has 5 nitrogen and oxygen atoms in total. The van der Waals surface area contributed by atoms with Gasteiger partial charge in [-0.25, -0.2) is 4.98 Å². The van der Waals surface area contributed by atoms with E-state index in [2.05, 4.69) is 10.3 Å². The van der Waals surface area contributed by atoms with Crippen LogP contribution in [0.25, 0.3) is 10.2 Å². The van der Waals surface area contributed by atoms with Gasteiger partial charge in [0.05, 0.1) is 23.4 Å². The van der Waals surface area contributed by atoms with Crippen molar-refractivity contribution in [1.82, 2.24) is 10.3 Å². The van der Waals surface area contributed by atoms with E-state index in [4.69, 9.17) is 4.74 Å². The van der Waals surface area contributed by atoms with Crippen LogP contribution in [0.4, 0.5) is 0 Å². The van der Waals surface area contributed by atoms with Gasteiger partial charge >= 0.3 is 0 Å². The Bertz CT molecular complexity index is 875. The number of para-hydroxylation sites is 2. The molecule has 0 radical (unpaired) electrons. The number of aromatic nitrogens is 1. The van der Waals surface area contributed by atoms with Crippen molar-refractivity contribution in [2.24, 2.45) is 0 Å². The van der Waals surface area contributed by atoms with Gasteiger partial charge in [0.15, 0.2) is 5.01 Å². The zero-order chi connectivity index (χ0) is 16.6. The monoisotopic (exact) mass is 340 g/mol. The van der Waals surface area contributed by atoms with E-state index in [1.54, 1.807) is 0 Å². The number of thiazole rings is 1. The second kappa shape index (κ2) is 5.89. The van der Waals surface area contributed by atoms with Crippen molar-refractivity contribution < 1.29 is 14.6 Å². The molecule has 0 fully saturated rings. The Morgan fingerprint density at radius 1 is 1.25 bits per heavy atom. The first-order valence-corrected chi connectivity index (χ1v) is 8.56. The van der Waals surface area contributed by atoms with E-state index in [-0.39, 0.29) is 12.5 Å². The first-order chi connectivity index (χ1) is 11.7. The molecule has 0 saturated heterocycles. The average molecular weight is 340 g/mol. The Hall–Kier alpha value is -2.44. The summed E-state index contributed by atoms with van der Waals surface area (Å²) >= 11 is 1.35. The van der Waals surface area contributed by atoms with Crippen LogP contribution in [-0.2, 0) is 5.60 Å². The Kier molecular flexibility index (Phi) is 3.70. The first-order valence-electron chi connectivity index (χ1n) is 7.74. The van der Waals surface area contributed by atoms with Crippen molar-refractivity contribution in [2.75, 3.05) is 13.2 Å². The molecule has 122 valence electrons. The van der Waals surface area contributed by atoms with E-state index in [0.717, 1.165) is 10.2 Å². The minimum atomic E-state index is -1.12. The smallest absolute Gasteiger partial charge is 0.280 e. The molecular weight excluding hydrogens is 324 g/mol. The van der Waals surface area contributed by atoms with E-state index in [9.17, 15) is 9.90 Å². The number of nitrogens with one attached hydrogen (secondary N) is 1. The van der Waals surface area contributed by atoms with Gasteiger partial charge in [0.25, 0.3) is 5.91 Å². The summed E-state index contributed by atoms with van der Waals surface area (Å²) in [6, 6.07) is 15.0. The van der Waals surface area contributed by atoms with Gasteiger partial charge in [-0.3, -0.25) is 4.79 Å². The minimum absolute atomic E-state index is 0.127. The predicted molar refractivity (Wildman–Crippen MR) is 92.4 cm³/mol. The third-order valence-electron chi connectivity index (χ3n) is 4.19. The highest BCUT2D eigenvalue weighted by molar-refractivity contribution is 7.20. The van der Waals surface area contributed by atoms with Crippen LogP contribution in [0.15, 0.2) is 48.5 Å². The molecule has 0 bridgehead atoms. The summed E-state index contributed by atoms with van der Waals surface area (Å²) in [5, 5.41) is 14.2. The maximum absolute atomic E-state index is 12.4. The van der Waals surface area contributed by atoms with Gasteiger partial charge in [0.1, 0.15) is 11.4 Å². The van der Waals surface area contributed by atoms with Crippen LogP contribution in [0.3, 0.4) is 0 Å². The minimum Gasteiger partial charge on any atom is -0.493 e. The average Bonchev–Trinajstić information content (AvgIpc) is 3.04. The second-order valence-electron chi connectivity index (χ2n) is 5.80. The van der Waals surface area contributed by atoms with Gasteiger partial charge in [-0.2, -0.15) is 0 Å². The lowest BCUT2D eigenvalue weighted by atomic mass is 9.88. The van der Waals surface area contributed by atoms with Crippen molar-refractivity contribution in [2.45, 2.75) is 12.0 Å². The molecule has 1 aliphatic rings. The maximum Gasteiger partial charge on any atom is 0.280 e. The van der Waals surface area contributed by atoms with Crippen LogP contribution in [-0.4, -0.2) is 29.1 Å². The number of carbonyl (C=O) groups is 1. The largest absolute Gasteiger partial charge is 0.493 e. The molecule has 1 aromatic heterocycles. The number of rotatable bonds is 3. The van der Waals surface area contributed by atoms with Gasteiger partial charge in [-0.15, -0.1) is 11.3 Å². The van der Waals surface area contributed by atoms with Crippen molar-refractivity contribution in [3.05, 3.63) is 59.1 Å². The van der Waals surface area contributed by atoms with E-state index < -0.39 is 5.60 Å². The van der Waals surface area contributed by atoms with Gasteiger partial charge in [-0.05, 0) is 18.2 Å². The van der Waals surface area contributed by atoms with Gasteiger partial charge in [0.2, 0.25) is 0 Å². The second-order valence-corrected chi connectivity index (χ2v) is 6.83. The molecule has 1 amide bonds. The zero-order valence-corrected chi connectivity index (χ0v) is 13.7. The van der Waals surface area contributed by atoms with Gasteiger partial charge < -0.3 is 15.2 Å². The van der Waals surface area contributed by atoms with Crippen LogP contribution in [0.1, 0.15) is 21.8 Å². The summed E-state index contributed by atoms with van der Waals surface area (Å²) in [6.07, 6.45) is 0.435. The lowest BCUT2D eigenvalue weighted by Crippen LogP contribution is -2.43. The number of aliphatic hydroxyl groups is 1. The van der Waals surface area contributed by atoms with E-state index in [1.165, 1.54) is 11.3 Å². The molecule has 0 unspecified atom stereocenters. The van der Waals surface area contributed by atoms with Gasteiger partial charge in [-0.1, -0.05) is 30.3 Å². The summed E-state index contributed by atoms with van der Waals surface area (Å²) in [4.78, 5) is 16.7.